The fraction of sp³-hybridized carbons (Fsp3) is 0.0667. The van der Waals surface area contributed by atoms with Gasteiger partial charge in [-0.2, -0.15) is 5.10 Å². The molecule has 0 fully saturated rings. The van der Waals surface area contributed by atoms with Gasteiger partial charge in [-0.3, -0.25) is 9.48 Å². The Balaban J connectivity index is 2.19. The Morgan fingerprint density at radius 1 is 1.00 bits per heavy atom. The van der Waals surface area contributed by atoms with Crippen LogP contribution in [0.2, 0.25) is 0 Å². The number of para-hydroxylation sites is 1. The van der Waals surface area contributed by atoms with Crippen LogP contribution in [-0.2, 0) is 7.05 Å². The minimum atomic E-state index is -0.0348. The maximum absolute atomic E-state index is 12.4. The number of benzene rings is 2. The predicted molar refractivity (Wildman–Crippen MR) is 70.6 cm³/mol. The minimum absolute atomic E-state index is 0.0348. The number of hydrogen-bond donors (Lipinski definition) is 0. The predicted octanol–water partition coefficient (Wildman–Crippen LogP) is 2.80. The van der Waals surface area contributed by atoms with Gasteiger partial charge >= 0.3 is 0 Å². The van der Waals surface area contributed by atoms with Crippen LogP contribution in [0.25, 0.3) is 10.9 Å². The van der Waals surface area contributed by atoms with Crippen molar-refractivity contribution in [2.75, 3.05) is 0 Å². The highest BCUT2D eigenvalue weighted by Gasteiger charge is 2.16. The molecule has 1 heterocycles. The van der Waals surface area contributed by atoms with E-state index in [-0.39, 0.29) is 5.78 Å². The normalized spacial score (nSPS) is 10.7. The summed E-state index contributed by atoms with van der Waals surface area (Å²) < 4.78 is 1.74. The topological polar surface area (TPSA) is 34.9 Å². The lowest BCUT2D eigenvalue weighted by Gasteiger charge is -1.97. The zero-order valence-corrected chi connectivity index (χ0v) is 10.00. The summed E-state index contributed by atoms with van der Waals surface area (Å²) in [5.74, 6) is -0.0348. The third-order valence-corrected chi connectivity index (χ3v) is 3.01. The van der Waals surface area contributed by atoms with Gasteiger partial charge in [0.1, 0.15) is 5.69 Å². The van der Waals surface area contributed by atoms with Gasteiger partial charge < -0.3 is 0 Å². The number of aromatic nitrogens is 2. The van der Waals surface area contributed by atoms with Gasteiger partial charge in [0, 0.05) is 18.0 Å². The monoisotopic (exact) mass is 236 g/mol. The van der Waals surface area contributed by atoms with Crippen molar-refractivity contribution < 1.29 is 4.79 Å². The van der Waals surface area contributed by atoms with Gasteiger partial charge in [-0.15, -0.1) is 0 Å². The molecule has 0 unspecified atom stereocenters. The average Bonchev–Trinajstić information content (AvgIpc) is 2.77. The summed E-state index contributed by atoms with van der Waals surface area (Å²) in [6.45, 7) is 0. The summed E-state index contributed by atoms with van der Waals surface area (Å²) in [5.41, 5.74) is 2.15. The van der Waals surface area contributed by atoms with Gasteiger partial charge in [0.2, 0.25) is 5.78 Å². The molecular weight excluding hydrogens is 224 g/mol. The zero-order valence-electron chi connectivity index (χ0n) is 10.00. The van der Waals surface area contributed by atoms with Crippen molar-refractivity contribution in [1.29, 1.82) is 0 Å². The number of hydrogen-bond acceptors (Lipinski definition) is 2. The van der Waals surface area contributed by atoms with E-state index in [1.165, 1.54) is 0 Å². The lowest BCUT2D eigenvalue weighted by molar-refractivity contribution is 0.103. The molecule has 2 aromatic carbocycles. The summed E-state index contributed by atoms with van der Waals surface area (Å²) in [6.07, 6.45) is 0. The first-order valence-electron chi connectivity index (χ1n) is 5.79. The number of carbonyl (C=O) groups excluding carboxylic acids is 1. The Morgan fingerprint density at radius 2 is 1.67 bits per heavy atom. The summed E-state index contributed by atoms with van der Waals surface area (Å²) in [7, 11) is 1.85. The summed E-state index contributed by atoms with van der Waals surface area (Å²) in [4.78, 5) is 12.4. The molecule has 3 heteroatoms. The molecule has 0 radical (unpaired) electrons. The van der Waals surface area contributed by atoms with E-state index in [2.05, 4.69) is 5.10 Å². The highest BCUT2D eigenvalue weighted by Crippen LogP contribution is 2.20. The van der Waals surface area contributed by atoms with Crippen molar-refractivity contribution in [3.05, 3.63) is 65.9 Å². The smallest absolute Gasteiger partial charge is 0.213 e. The highest BCUT2D eigenvalue weighted by atomic mass is 16.1. The van der Waals surface area contributed by atoms with Gasteiger partial charge in [0.25, 0.3) is 0 Å². The summed E-state index contributed by atoms with van der Waals surface area (Å²) in [5, 5.41) is 5.23. The maximum atomic E-state index is 12.4. The van der Waals surface area contributed by atoms with Crippen molar-refractivity contribution in [3.63, 3.8) is 0 Å². The molecular formula is C15H12N2O. The van der Waals surface area contributed by atoms with Crippen molar-refractivity contribution in [3.8, 4) is 0 Å². The highest BCUT2D eigenvalue weighted by molar-refractivity contribution is 6.14. The van der Waals surface area contributed by atoms with Crippen molar-refractivity contribution in [1.82, 2.24) is 9.78 Å². The lowest BCUT2D eigenvalue weighted by atomic mass is 10.1. The largest absolute Gasteiger partial charge is 0.287 e. The fourth-order valence-electron chi connectivity index (χ4n) is 2.11. The molecule has 0 spiro atoms. The van der Waals surface area contributed by atoms with E-state index in [9.17, 15) is 4.79 Å². The van der Waals surface area contributed by atoms with Crippen LogP contribution in [0.4, 0.5) is 0 Å². The van der Waals surface area contributed by atoms with E-state index in [0.29, 0.717) is 11.3 Å². The van der Waals surface area contributed by atoms with Crippen molar-refractivity contribution in [2.45, 2.75) is 0 Å². The van der Waals surface area contributed by atoms with Crippen LogP contribution in [0.15, 0.2) is 54.6 Å². The number of ketones is 1. The molecule has 0 bridgehead atoms. The molecule has 0 N–H and O–H groups in total. The Kier molecular flexibility index (Phi) is 2.45. The summed E-state index contributed by atoms with van der Waals surface area (Å²) in [6, 6.07) is 17.0. The molecule has 0 saturated heterocycles. The van der Waals surface area contributed by atoms with Crippen molar-refractivity contribution >= 4 is 16.7 Å². The molecule has 88 valence electrons. The molecule has 0 aliphatic heterocycles. The van der Waals surface area contributed by atoms with Crippen molar-refractivity contribution in [2.24, 2.45) is 7.05 Å². The van der Waals surface area contributed by atoms with Crippen LogP contribution in [0, 0.1) is 0 Å². The number of carbonyl (C=O) groups is 1. The SMILES string of the molecule is Cn1nc(C(=O)c2ccccc2)c2ccccc21. The van der Waals surface area contributed by atoms with Crippen LogP contribution < -0.4 is 0 Å². The third kappa shape index (κ3) is 1.61. The Bertz CT molecular complexity index is 714. The molecule has 18 heavy (non-hydrogen) atoms. The van der Waals surface area contributed by atoms with Crippen LogP contribution >= 0.6 is 0 Å². The van der Waals surface area contributed by atoms with Crippen LogP contribution in [-0.4, -0.2) is 15.6 Å². The third-order valence-electron chi connectivity index (χ3n) is 3.01. The van der Waals surface area contributed by atoms with E-state index >= 15 is 0 Å². The fourth-order valence-corrected chi connectivity index (χ4v) is 2.11. The average molecular weight is 236 g/mol. The van der Waals surface area contributed by atoms with Crippen LogP contribution in [0.5, 0.6) is 0 Å². The maximum Gasteiger partial charge on any atom is 0.213 e. The van der Waals surface area contributed by atoms with E-state index < -0.39 is 0 Å². The molecule has 0 atom stereocenters. The quantitative estimate of drug-likeness (QED) is 0.641. The molecule has 0 amide bonds. The second-order valence-corrected chi connectivity index (χ2v) is 4.18. The van der Waals surface area contributed by atoms with Gasteiger partial charge in [-0.1, -0.05) is 48.5 Å². The van der Waals surface area contributed by atoms with Gasteiger partial charge in [-0.25, -0.2) is 0 Å². The Hall–Kier alpha value is -2.42. The van der Waals surface area contributed by atoms with Gasteiger partial charge in [-0.05, 0) is 6.07 Å². The first kappa shape index (κ1) is 10.7. The number of nitrogens with zero attached hydrogens (tertiary/aromatic N) is 2. The zero-order chi connectivity index (χ0) is 12.5. The molecule has 0 aliphatic rings. The Morgan fingerprint density at radius 3 is 2.44 bits per heavy atom. The van der Waals surface area contributed by atoms with E-state index in [1.54, 1.807) is 4.68 Å². The number of fused-ring (bicyclic) bond motifs is 1. The molecule has 3 aromatic rings. The number of aryl methyl sites for hydroxylation is 1. The second kappa shape index (κ2) is 4.11. The van der Waals surface area contributed by atoms with E-state index in [4.69, 9.17) is 0 Å². The molecule has 1 aromatic heterocycles. The van der Waals surface area contributed by atoms with Gasteiger partial charge in [0.15, 0.2) is 0 Å². The molecule has 3 rings (SSSR count). The van der Waals surface area contributed by atoms with Crippen LogP contribution in [0.3, 0.4) is 0 Å². The Labute approximate surface area is 105 Å². The minimum Gasteiger partial charge on any atom is -0.287 e. The number of rotatable bonds is 2. The molecule has 0 aliphatic carbocycles. The molecule has 0 saturated carbocycles. The summed E-state index contributed by atoms with van der Waals surface area (Å²) >= 11 is 0. The van der Waals surface area contributed by atoms with E-state index in [1.807, 2.05) is 61.6 Å². The molecule has 3 nitrogen and oxygen atoms in total. The lowest BCUT2D eigenvalue weighted by Crippen LogP contribution is -2.03. The second-order valence-electron chi connectivity index (χ2n) is 4.18. The van der Waals surface area contributed by atoms with E-state index in [0.717, 1.165) is 10.9 Å². The first-order chi connectivity index (χ1) is 8.77. The van der Waals surface area contributed by atoms with Gasteiger partial charge in [0.05, 0.1) is 5.52 Å². The van der Waals surface area contributed by atoms with Crippen LogP contribution in [0.1, 0.15) is 16.1 Å². The standard InChI is InChI=1S/C15H12N2O/c1-17-13-10-6-5-9-12(13)14(16-17)15(18)11-7-3-2-4-8-11/h2-10H,1H3. The first-order valence-corrected chi connectivity index (χ1v) is 5.79.